The second kappa shape index (κ2) is 8.30. The molecule has 0 saturated carbocycles. The van der Waals surface area contributed by atoms with Crippen molar-refractivity contribution in [1.29, 1.82) is 0 Å². The molecule has 0 radical (unpaired) electrons. The Kier molecular flexibility index (Phi) is 7.02. The molecule has 1 rings (SSSR count). The van der Waals surface area contributed by atoms with E-state index in [0.717, 1.165) is 63.9 Å². The third-order valence-corrected chi connectivity index (χ3v) is 3.47. The second-order valence-corrected chi connectivity index (χ2v) is 5.26. The molecular weight excluding hydrogens is 224 g/mol. The molecule has 0 N–H and O–H groups in total. The van der Waals surface area contributed by atoms with E-state index in [9.17, 15) is 4.79 Å². The highest BCUT2D eigenvalue weighted by atomic mass is 16.2. The van der Waals surface area contributed by atoms with E-state index < -0.39 is 0 Å². The third-order valence-electron chi connectivity index (χ3n) is 3.47. The van der Waals surface area contributed by atoms with Crippen molar-refractivity contribution in [2.24, 2.45) is 0 Å². The summed E-state index contributed by atoms with van der Waals surface area (Å²) in [6, 6.07) is 0. The molecule has 0 aliphatic carbocycles. The van der Waals surface area contributed by atoms with Gasteiger partial charge in [-0.05, 0) is 26.3 Å². The Bertz CT molecular complexity index is 278. The van der Waals surface area contributed by atoms with Crippen LogP contribution in [0.15, 0.2) is 11.6 Å². The number of rotatable bonds is 7. The zero-order valence-electron chi connectivity index (χ0n) is 12.2. The van der Waals surface area contributed by atoms with Crippen LogP contribution < -0.4 is 0 Å². The first kappa shape index (κ1) is 15.2. The molecule has 3 heteroatoms. The van der Waals surface area contributed by atoms with Crippen molar-refractivity contribution in [1.82, 2.24) is 9.80 Å². The van der Waals surface area contributed by atoms with E-state index in [4.69, 9.17) is 0 Å². The van der Waals surface area contributed by atoms with Gasteiger partial charge in [0.25, 0.3) is 5.91 Å². The van der Waals surface area contributed by atoms with Gasteiger partial charge in [0.2, 0.25) is 0 Å². The predicted molar refractivity (Wildman–Crippen MR) is 76.6 cm³/mol. The minimum atomic E-state index is 0.267. The van der Waals surface area contributed by atoms with Crippen LogP contribution in [0, 0.1) is 0 Å². The van der Waals surface area contributed by atoms with Gasteiger partial charge >= 0.3 is 0 Å². The van der Waals surface area contributed by atoms with Crippen molar-refractivity contribution < 1.29 is 4.79 Å². The number of likely N-dealkylation sites (N-methyl/N-ethyl adjacent to an activating group) is 1. The lowest BCUT2D eigenvalue weighted by molar-refractivity contribution is -0.127. The van der Waals surface area contributed by atoms with Crippen molar-refractivity contribution >= 4 is 5.91 Å². The first-order valence-corrected chi connectivity index (χ1v) is 7.35. The maximum absolute atomic E-state index is 12.5. The quantitative estimate of drug-likeness (QED) is 0.695. The molecule has 1 aliphatic rings. The summed E-state index contributed by atoms with van der Waals surface area (Å²) in [6.45, 7) is 8.06. The van der Waals surface area contributed by atoms with Crippen LogP contribution in [0.4, 0.5) is 0 Å². The van der Waals surface area contributed by atoms with E-state index in [1.54, 1.807) is 0 Å². The van der Waals surface area contributed by atoms with Crippen LogP contribution in [0.5, 0.6) is 0 Å². The summed E-state index contributed by atoms with van der Waals surface area (Å²) in [5.41, 5.74) is 0.996. The SMILES string of the molecule is CCCCN(CCCC)C(=O)C1=CCCN(C)C1. The molecule has 0 atom stereocenters. The number of nitrogens with zero attached hydrogens (tertiary/aromatic N) is 2. The Morgan fingerprint density at radius 3 is 2.39 bits per heavy atom. The number of carbonyl (C=O) groups excluding carboxylic acids is 1. The molecule has 0 saturated heterocycles. The maximum Gasteiger partial charge on any atom is 0.250 e. The van der Waals surface area contributed by atoms with Crippen molar-refractivity contribution in [2.45, 2.75) is 46.0 Å². The predicted octanol–water partition coefficient (Wildman–Crippen LogP) is 2.68. The highest BCUT2D eigenvalue weighted by molar-refractivity contribution is 5.94. The average Bonchev–Trinajstić information content (AvgIpc) is 2.38. The largest absolute Gasteiger partial charge is 0.339 e. The molecule has 1 amide bonds. The van der Waals surface area contributed by atoms with Gasteiger partial charge in [-0.1, -0.05) is 32.8 Å². The molecule has 0 aromatic rings. The van der Waals surface area contributed by atoms with E-state index in [1.165, 1.54) is 0 Å². The van der Waals surface area contributed by atoms with Crippen LogP contribution in [-0.4, -0.2) is 48.9 Å². The monoisotopic (exact) mass is 252 g/mol. The summed E-state index contributed by atoms with van der Waals surface area (Å²) in [5.74, 6) is 0.267. The lowest BCUT2D eigenvalue weighted by Gasteiger charge is -2.28. The van der Waals surface area contributed by atoms with Crippen LogP contribution in [0.25, 0.3) is 0 Å². The molecule has 0 fully saturated rings. The van der Waals surface area contributed by atoms with Gasteiger partial charge in [0.15, 0.2) is 0 Å². The summed E-state index contributed by atoms with van der Waals surface area (Å²) in [4.78, 5) is 16.8. The van der Waals surface area contributed by atoms with E-state index in [1.807, 2.05) is 0 Å². The van der Waals surface area contributed by atoms with Gasteiger partial charge in [-0.2, -0.15) is 0 Å². The molecule has 0 aromatic carbocycles. The van der Waals surface area contributed by atoms with Gasteiger partial charge in [-0.3, -0.25) is 4.79 Å². The molecule has 1 aliphatic heterocycles. The van der Waals surface area contributed by atoms with Gasteiger partial charge in [-0.25, -0.2) is 0 Å². The molecule has 3 nitrogen and oxygen atoms in total. The highest BCUT2D eigenvalue weighted by Crippen LogP contribution is 2.12. The fraction of sp³-hybridized carbons (Fsp3) is 0.800. The molecular formula is C15H28N2O. The summed E-state index contributed by atoms with van der Waals surface area (Å²) in [7, 11) is 2.09. The van der Waals surface area contributed by atoms with E-state index in [2.05, 4.69) is 36.8 Å². The average molecular weight is 252 g/mol. The number of unbranched alkanes of at least 4 members (excludes halogenated alkanes) is 2. The Labute approximate surface area is 112 Å². The van der Waals surface area contributed by atoms with Crippen LogP contribution in [0.1, 0.15) is 46.0 Å². The molecule has 18 heavy (non-hydrogen) atoms. The molecule has 0 aromatic heterocycles. The fourth-order valence-electron chi connectivity index (χ4n) is 2.26. The van der Waals surface area contributed by atoms with Gasteiger partial charge in [0.05, 0.1) is 0 Å². The lowest BCUT2D eigenvalue weighted by atomic mass is 10.1. The van der Waals surface area contributed by atoms with Crippen LogP contribution in [0.3, 0.4) is 0 Å². The Hall–Kier alpha value is -0.830. The Balaban J connectivity index is 2.59. The summed E-state index contributed by atoms with van der Waals surface area (Å²) in [5, 5.41) is 0. The fourth-order valence-corrected chi connectivity index (χ4v) is 2.26. The number of amides is 1. The minimum Gasteiger partial charge on any atom is -0.339 e. The number of hydrogen-bond acceptors (Lipinski definition) is 2. The first-order valence-electron chi connectivity index (χ1n) is 7.35. The van der Waals surface area contributed by atoms with Crippen molar-refractivity contribution in [3.63, 3.8) is 0 Å². The summed E-state index contributed by atoms with van der Waals surface area (Å²) in [6.07, 6.45) is 7.65. The topological polar surface area (TPSA) is 23.6 Å². The van der Waals surface area contributed by atoms with Crippen LogP contribution in [-0.2, 0) is 4.79 Å². The highest BCUT2D eigenvalue weighted by Gasteiger charge is 2.20. The van der Waals surface area contributed by atoms with Crippen molar-refractivity contribution in [2.75, 3.05) is 33.2 Å². The van der Waals surface area contributed by atoms with E-state index in [0.29, 0.717) is 0 Å². The molecule has 1 heterocycles. The smallest absolute Gasteiger partial charge is 0.250 e. The number of carbonyl (C=O) groups is 1. The first-order chi connectivity index (χ1) is 8.69. The van der Waals surface area contributed by atoms with Gasteiger partial charge in [0, 0.05) is 31.8 Å². The molecule has 0 bridgehead atoms. The molecule has 0 unspecified atom stereocenters. The zero-order chi connectivity index (χ0) is 13.4. The van der Waals surface area contributed by atoms with Crippen molar-refractivity contribution in [3.8, 4) is 0 Å². The number of hydrogen-bond donors (Lipinski definition) is 0. The maximum atomic E-state index is 12.5. The standard InChI is InChI=1S/C15H28N2O/c1-4-6-11-17(12-7-5-2)15(18)14-9-8-10-16(3)13-14/h9H,4-8,10-13H2,1-3H3. The van der Waals surface area contributed by atoms with Crippen LogP contribution >= 0.6 is 0 Å². The third kappa shape index (κ3) is 4.81. The lowest BCUT2D eigenvalue weighted by Crippen LogP contribution is -2.38. The van der Waals surface area contributed by atoms with Crippen LogP contribution in [0.2, 0.25) is 0 Å². The second-order valence-electron chi connectivity index (χ2n) is 5.26. The van der Waals surface area contributed by atoms with Gasteiger partial charge in [-0.15, -0.1) is 0 Å². The summed E-state index contributed by atoms with van der Waals surface area (Å²) >= 11 is 0. The van der Waals surface area contributed by atoms with Crippen molar-refractivity contribution in [3.05, 3.63) is 11.6 Å². The Morgan fingerprint density at radius 2 is 1.89 bits per heavy atom. The molecule has 0 spiro atoms. The zero-order valence-corrected chi connectivity index (χ0v) is 12.2. The minimum absolute atomic E-state index is 0.267. The molecule has 104 valence electrons. The summed E-state index contributed by atoms with van der Waals surface area (Å²) < 4.78 is 0. The van der Waals surface area contributed by atoms with E-state index >= 15 is 0 Å². The van der Waals surface area contributed by atoms with Gasteiger partial charge in [0.1, 0.15) is 0 Å². The normalized spacial score (nSPS) is 16.5. The van der Waals surface area contributed by atoms with E-state index in [-0.39, 0.29) is 5.91 Å². The Morgan fingerprint density at radius 1 is 1.28 bits per heavy atom. The van der Waals surface area contributed by atoms with Gasteiger partial charge < -0.3 is 9.80 Å².